The van der Waals surface area contributed by atoms with E-state index in [1.165, 1.54) is 12.8 Å². The largest absolute Gasteiger partial charge is 0.353 e. The molecule has 0 aliphatic carbocycles. The smallest absolute Gasteiger partial charge is 0.220 e. The Morgan fingerprint density at radius 3 is 2.77 bits per heavy atom. The van der Waals surface area contributed by atoms with Gasteiger partial charge in [-0.1, -0.05) is 27.2 Å². The van der Waals surface area contributed by atoms with Crippen LogP contribution in [0.4, 0.5) is 0 Å². The Balaban J connectivity index is 2.45. The van der Waals surface area contributed by atoms with Crippen LogP contribution >= 0.6 is 0 Å². The summed E-state index contributed by atoms with van der Waals surface area (Å²) in [7, 11) is 0. The van der Waals surface area contributed by atoms with Crippen LogP contribution in [0.5, 0.6) is 0 Å². The van der Waals surface area contributed by atoms with Gasteiger partial charge in [-0.25, -0.2) is 0 Å². The second-order valence-electron chi connectivity index (χ2n) is 4.56. The van der Waals surface area contributed by atoms with Crippen LogP contribution in [0.2, 0.25) is 0 Å². The molecule has 1 N–H and O–H groups in total. The van der Waals surface area contributed by atoms with Crippen LogP contribution in [0.25, 0.3) is 0 Å². The van der Waals surface area contributed by atoms with Crippen molar-refractivity contribution in [3.05, 3.63) is 0 Å². The minimum absolute atomic E-state index is 0.254. The van der Waals surface area contributed by atoms with E-state index < -0.39 is 0 Å². The summed E-state index contributed by atoms with van der Waals surface area (Å²) in [5.74, 6) is 1.53. The van der Waals surface area contributed by atoms with Gasteiger partial charge in [0.2, 0.25) is 5.91 Å². The zero-order chi connectivity index (χ0) is 9.84. The van der Waals surface area contributed by atoms with Crippen molar-refractivity contribution in [1.29, 1.82) is 0 Å². The van der Waals surface area contributed by atoms with Gasteiger partial charge >= 0.3 is 0 Å². The van der Waals surface area contributed by atoms with E-state index in [2.05, 4.69) is 26.1 Å². The number of carbonyl (C=O) groups is 1. The topological polar surface area (TPSA) is 29.1 Å². The first-order valence-corrected chi connectivity index (χ1v) is 5.42. The van der Waals surface area contributed by atoms with Crippen LogP contribution in [0.3, 0.4) is 0 Å². The molecule has 0 aromatic heterocycles. The third kappa shape index (κ3) is 3.02. The molecule has 0 radical (unpaired) electrons. The zero-order valence-electron chi connectivity index (χ0n) is 8.97. The van der Waals surface area contributed by atoms with E-state index in [1.807, 2.05) is 0 Å². The van der Waals surface area contributed by atoms with Crippen LogP contribution in [-0.4, -0.2) is 11.9 Å². The summed E-state index contributed by atoms with van der Waals surface area (Å²) in [5, 5.41) is 3.08. The summed E-state index contributed by atoms with van der Waals surface area (Å²) in [6, 6.07) is 0.451. The predicted octanol–water partition coefficient (Wildman–Crippen LogP) is 2.34. The van der Waals surface area contributed by atoms with Gasteiger partial charge < -0.3 is 5.32 Å². The van der Waals surface area contributed by atoms with Crippen LogP contribution in [0.15, 0.2) is 0 Å². The average molecular weight is 183 g/mol. The molecule has 1 aliphatic rings. The van der Waals surface area contributed by atoms with Gasteiger partial charge in [0.1, 0.15) is 0 Å². The Hall–Kier alpha value is -0.530. The highest BCUT2D eigenvalue weighted by Gasteiger charge is 2.31. The molecule has 2 unspecified atom stereocenters. The maximum Gasteiger partial charge on any atom is 0.220 e. The molecule has 0 bridgehead atoms. The quantitative estimate of drug-likeness (QED) is 0.712. The van der Waals surface area contributed by atoms with E-state index in [0.29, 0.717) is 17.9 Å². The lowest BCUT2D eigenvalue weighted by Gasteiger charge is -2.19. The highest BCUT2D eigenvalue weighted by molar-refractivity contribution is 5.79. The molecule has 13 heavy (non-hydrogen) atoms. The van der Waals surface area contributed by atoms with Crippen LogP contribution in [0.1, 0.15) is 46.5 Å². The monoisotopic (exact) mass is 183 g/mol. The minimum atomic E-state index is 0.254. The molecule has 2 nitrogen and oxygen atoms in total. The van der Waals surface area contributed by atoms with Crippen LogP contribution in [0, 0.1) is 11.8 Å². The maximum absolute atomic E-state index is 11.2. The van der Waals surface area contributed by atoms with Gasteiger partial charge in [0.05, 0.1) is 0 Å². The fraction of sp³-hybridized carbons (Fsp3) is 0.909. The Bertz CT molecular complexity index is 177. The highest BCUT2D eigenvalue weighted by Crippen LogP contribution is 2.25. The predicted molar refractivity (Wildman–Crippen MR) is 54.4 cm³/mol. The van der Waals surface area contributed by atoms with Crippen molar-refractivity contribution in [3.63, 3.8) is 0 Å². The molecule has 0 spiro atoms. The van der Waals surface area contributed by atoms with Gasteiger partial charge in [-0.15, -0.1) is 0 Å². The number of nitrogens with one attached hydrogen (secondary N) is 1. The third-order valence-corrected chi connectivity index (χ3v) is 2.75. The molecule has 76 valence electrons. The van der Waals surface area contributed by atoms with E-state index in [-0.39, 0.29) is 5.91 Å². The Morgan fingerprint density at radius 1 is 1.54 bits per heavy atom. The Labute approximate surface area is 81.1 Å². The summed E-state index contributed by atoms with van der Waals surface area (Å²) in [5.41, 5.74) is 0. The van der Waals surface area contributed by atoms with Crippen LogP contribution < -0.4 is 5.32 Å². The molecule has 1 amide bonds. The second-order valence-corrected chi connectivity index (χ2v) is 4.56. The van der Waals surface area contributed by atoms with Crippen LogP contribution in [-0.2, 0) is 4.79 Å². The second kappa shape index (κ2) is 4.64. The van der Waals surface area contributed by atoms with Gasteiger partial charge in [0.15, 0.2) is 0 Å². The number of hydrogen-bond acceptors (Lipinski definition) is 1. The van der Waals surface area contributed by atoms with Gasteiger partial charge in [-0.3, -0.25) is 4.79 Å². The summed E-state index contributed by atoms with van der Waals surface area (Å²) >= 11 is 0. The molecule has 1 aliphatic heterocycles. The molecule has 1 heterocycles. The van der Waals surface area contributed by atoms with Crippen molar-refractivity contribution in [2.24, 2.45) is 11.8 Å². The molecular formula is C11H21NO. The highest BCUT2D eigenvalue weighted by atomic mass is 16.1. The molecule has 0 aromatic rings. The Kier molecular flexibility index (Phi) is 3.76. The SMILES string of the molecule is CCCC1CC(=O)NC1CC(C)C. The summed E-state index contributed by atoms with van der Waals surface area (Å²) < 4.78 is 0. The molecule has 1 saturated heterocycles. The third-order valence-electron chi connectivity index (χ3n) is 2.75. The molecule has 0 saturated carbocycles. The molecular weight excluding hydrogens is 162 g/mol. The summed E-state index contributed by atoms with van der Waals surface area (Å²) in [6.07, 6.45) is 4.27. The first-order valence-electron chi connectivity index (χ1n) is 5.42. The van der Waals surface area contributed by atoms with E-state index in [4.69, 9.17) is 0 Å². The van der Waals surface area contributed by atoms with Crippen molar-refractivity contribution < 1.29 is 4.79 Å². The van der Waals surface area contributed by atoms with E-state index >= 15 is 0 Å². The lowest BCUT2D eigenvalue weighted by Crippen LogP contribution is -2.30. The zero-order valence-corrected chi connectivity index (χ0v) is 8.97. The number of carbonyl (C=O) groups excluding carboxylic acids is 1. The molecule has 0 aromatic carbocycles. The standard InChI is InChI=1S/C11H21NO/c1-4-5-9-7-11(13)12-10(9)6-8(2)3/h8-10H,4-7H2,1-3H3,(H,12,13). The minimum Gasteiger partial charge on any atom is -0.353 e. The number of amides is 1. The van der Waals surface area contributed by atoms with E-state index in [9.17, 15) is 4.79 Å². The van der Waals surface area contributed by atoms with E-state index in [1.54, 1.807) is 0 Å². The fourth-order valence-corrected chi connectivity index (χ4v) is 2.20. The number of hydrogen-bond donors (Lipinski definition) is 1. The molecule has 2 heteroatoms. The van der Waals surface area contributed by atoms with Crippen molar-refractivity contribution in [2.75, 3.05) is 0 Å². The lowest BCUT2D eigenvalue weighted by atomic mass is 9.90. The van der Waals surface area contributed by atoms with Gasteiger partial charge in [-0.05, 0) is 24.7 Å². The lowest BCUT2D eigenvalue weighted by molar-refractivity contribution is -0.119. The number of rotatable bonds is 4. The first-order chi connectivity index (χ1) is 6.13. The summed E-state index contributed by atoms with van der Waals surface area (Å²) in [6.45, 7) is 6.62. The molecule has 2 atom stereocenters. The van der Waals surface area contributed by atoms with Gasteiger partial charge in [-0.2, -0.15) is 0 Å². The van der Waals surface area contributed by atoms with Gasteiger partial charge in [0.25, 0.3) is 0 Å². The maximum atomic E-state index is 11.2. The van der Waals surface area contributed by atoms with Gasteiger partial charge in [0, 0.05) is 12.5 Å². The van der Waals surface area contributed by atoms with Crippen molar-refractivity contribution in [1.82, 2.24) is 5.32 Å². The van der Waals surface area contributed by atoms with Crippen molar-refractivity contribution >= 4 is 5.91 Å². The normalized spacial score (nSPS) is 28.2. The molecule has 1 fully saturated rings. The first kappa shape index (κ1) is 10.6. The summed E-state index contributed by atoms with van der Waals surface area (Å²) in [4.78, 5) is 11.2. The molecule has 1 rings (SSSR count). The van der Waals surface area contributed by atoms with E-state index in [0.717, 1.165) is 12.8 Å². The van der Waals surface area contributed by atoms with Crippen molar-refractivity contribution in [2.45, 2.75) is 52.5 Å². The van der Waals surface area contributed by atoms with Crippen molar-refractivity contribution in [3.8, 4) is 0 Å². The Morgan fingerprint density at radius 2 is 2.23 bits per heavy atom. The average Bonchev–Trinajstić information content (AvgIpc) is 2.31. The fourth-order valence-electron chi connectivity index (χ4n) is 2.20.